The molecule has 26 heavy (non-hydrogen) atoms. The normalized spacial score (nSPS) is 12.6. The van der Waals surface area contributed by atoms with Crippen LogP contribution in [0.25, 0.3) is 0 Å². The van der Waals surface area contributed by atoms with E-state index >= 15 is 0 Å². The molecule has 2 rings (SSSR count). The lowest BCUT2D eigenvalue weighted by molar-refractivity contribution is -0.119. The molecule has 2 aromatic carbocycles. The molecule has 4 nitrogen and oxygen atoms in total. The van der Waals surface area contributed by atoms with Gasteiger partial charge in [0, 0.05) is 17.0 Å². The smallest absolute Gasteiger partial charge is 0.230 e. The number of carbonyl (C=O) groups excluding carboxylic acids is 1. The Hall–Kier alpha value is -1.50. The zero-order valence-electron chi connectivity index (χ0n) is 14.7. The van der Waals surface area contributed by atoms with E-state index in [1.54, 1.807) is 24.3 Å². The average molecular weight is 412 g/mol. The van der Waals surface area contributed by atoms with Crippen molar-refractivity contribution in [3.05, 3.63) is 64.7 Å². The van der Waals surface area contributed by atoms with E-state index in [-0.39, 0.29) is 16.8 Å². The predicted octanol–water partition coefficient (Wildman–Crippen LogP) is 4.24. The molecule has 0 radical (unpaired) electrons. The van der Waals surface area contributed by atoms with Crippen molar-refractivity contribution in [3.8, 4) is 0 Å². The molecule has 1 amide bonds. The number of nitrogens with one attached hydrogen (secondary N) is 1. The number of halogens is 1. The van der Waals surface area contributed by atoms with E-state index in [1.165, 1.54) is 18.0 Å². The zero-order chi connectivity index (χ0) is 19.2. The summed E-state index contributed by atoms with van der Waals surface area (Å²) in [5.74, 6) is 0.955. The molecular formula is C19H22ClNO3S2. The zero-order valence-corrected chi connectivity index (χ0v) is 17.1. The number of sulfone groups is 1. The molecule has 0 fully saturated rings. The minimum Gasteiger partial charge on any atom is -0.349 e. The van der Waals surface area contributed by atoms with Crippen LogP contribution < -0.4 is 5.32 Å². The van der Waals surface area contributed by atoms with Gasteiger partial charge in [0.05, 0.1) is 16.7 Å². The van der Waals surface area contributed by atoms with Crippen LogP contribution in [0.1, 0.15) is 30.5 Å². The van der Waals surface area contributed by atoms with Gasteiger partial charge >= 0.3 is 0 Å². The molecule has 0 aliphatic carbocycles. The molecular weight excluding hydrogens is 390 g/mol. The molecule has 0 heterocycles. The van der Waals surface area contributed by atoms with Gasteiger partial charge in [-0.3, -0.25) is 4.79 Å². The maximum atomic E-state index is 12.2. The minimum absolute atomic E-state index is 0.0545. The van der Waals surface area contributed by atoms with Gasteiger partial charge in [0.2, 0.25) is 5.91 Å². The topological polar surface area (TPSA) is 63.2 Å². The lowest BCUT2D eigenvalue weighted by Gasteiger charge is -2.18. The van der Waals surface area contributed by atoms with E-state index in [0.717, 1.165) is 17.5 Å². The Kier molecular flexibility index (Phi) is 7.55. The summed E-state index contributed by atoms with van der Waals surface area (Å²) in [6, 6.07) is 14.1. The van der Waals surface area contributed by atoms with Crippen LogP contribution in [0, 0.1) is 0 Å². The first kappa shape index (κ1) is 20.8. The third-order valence-electron chi connectivity index (χ3n) is 3.90. The van der Waals surface area contributed by atoms with Crippen LogP contribution in [0.15, 0.2) is 53.4 Å². The average Bonchev–Trinajstić information content (AvgIpc) is 2.61. The van der Waals surface area contributed by atoms with E-state index in [4.69, 9.17) is 11.6 Å². The van der Waals surface area contributed by atoms with Crippen molar-refractivity contribution >= 4 is 39.1 Å². The molecule has 0 aromatic heterocycles. The molecule has 0 spiro atoms. The minimum atomic E-state index is -3.22. The van der Waals surface area contributed by atoms with Crippen LogP contribution in [0.4, 0.5) is 0 Å². The summed E-state index contributed by atoms with van der Waals surface area (Å²) in [4.78, 5) is 12.5. The Balaban J connectivity index is 1.90. The second-order valence-corrected chi connectivity index (χ2v) is 9.36. The van der Waals surface area contributed by atoms with Crippen molar-refractivity contribution < 1.29 is 13.2 Å². The van der Waals surface area contributed by atoms with E-state index in [1.807, 2.05) is 31.2 Å². The Bertz CT molecular complexity index is 851. The van der Waals surface area contributed by atoms with Gasteiger partial charge in [-0.05, 0) is 35.7 Å². The molecule has 140 valence electrons. The highest BCUT2D eigenvalue weighted by Gasteiger charge is 2.14. The first-order chi connectivity index (χ1) is 12.3. The molecule has 0 aliphatic rings. The SMILES string of the molecule is CC[C@@H](NC(=O)CSCc1ccccc1Cl)c1ccc(S(C)(=O)=O)cc1. The van der Waals surface area contributed by atoms with Crippen molar-refractivity contribution in [1.82, 2.24) is 5.32 Å². The van der Waals surface area contributed by atoms with Gasteiger partial charge in [-0.15, -0.1) is 11.8 Å². The lowest BCUT2D eigenvalue weighted by Crippen LogP contribution is -2.29. The lowest BCUT2D eigenvalue weighted by atomic mass is 10.0. The standard InChI is InChI=1S/C19H22ClNO3S2/c1-3-18(14-8-10-16(11-9-14)26(2,23)24)21-19(22)13-25-12-15-6-4-5-7-17(15)20/h4-11,18H,3,12-13H2,1-2H3,(H,21,22)/t18-/m1/s1. The molecule has 2 aromatic rings. The van der Waals surface area contributed by atoms with E-state index in [0.29, 0.717) is 16.5 Å². The summed E-state index contributed by atoms with van der Waals surface area (Å²) in [6.45, 7) is 1.98. The summed E-state index contributed by atoms with van der Waals surface area (Å²) in [7, 11) is -3.22. The van der Waals surface area contributed by atoms with Gasteiger partial charge in [-0.2, -0.15) is 0 Å². The fourth-order valence-corrected chi connectivity index (χ4v) is 4.23. The van der Waals surface area contributed by atoms with E-state index in [2.05, 4.69) is 5.32 Å². The summed E-state index contributed by atoms with van der Waals surface area (Å²) in [6.07, 6.45) is 1.90. The molecule has 1 atom stereocenters. The predicted molar refractivity (Wildman–Crippen MR) is 108 cm³/mol. The summed E-state index contributed by atoms with van der Waals surface area (Å²) < 4.78 is 23.1. The number of thioether (sulfide) groups is 1. The second kappa shape index (κ2) is 9.44. The third kappa shape index (κ3) is 6.04. The molecule has 1 N–H and O–H groups in total. The number of benzene rings is 2. The van der Waals surface area contributed by atoms with Crippen molar-refractivity contribution in [2.24, 2.45) is 0 Å². The Morgan fingerprint density at radius 3 is 2.38 bits per heavy atom. The summed E-state index contributed by atoms with van der Waals surface area (Å²) >= 11 is 7.62. The molecule has 0 saturated heterocycles. The second-order valence-electron chi connectivity index (χ2n) is 5.95. The van der Waals surface area contributed by atoms with Crippen LogP contribution in [-0.4, -0.2) is 26.3 Å². The fraction of sp³-hybridized carbons (Fsp3) is 0.316. The largest absolute Gasteiger partial charge is 0.349 e. The first-order valence-electron chi connectivity index (χ1n) is 8.21. The maximum Gasteiger partial charge on any atom is 0.230 e. The van der Waals surface area contributed by atoms with E-state index < -0.39 is 9.84 Å². The van der Waals surface area contributed by atoms with Crippen LogP contribution in [-0.2, 0) is 20.4 Å². The third-order valence-corrected chi connectivity index (χ3v) is 6.38. The molecule has 0 unspecified atom stereocenters. The maximum absolute atomic E-state index is 12.2. The van der Waals surface area contributed by atoms with Gasteiger partial charge in [0.15, 0.2) is 9.84 Å². The van der Waals surface area contributed by atoms with Crippen LogP contribution in [0.2, 0.25) is 5.02 Å². The molecule has 7 heteroatoms. The Morgan fingerprint density at radius 1 is 1.15 bits per heavy atom. The van der Waals surface area contributed by atoms with Gasteiger partial charge in [0.25, 0.3) is 0 Å². The first-order valence-corrected chi connectivity index (χ1v) is 11.6. The monoisotopic (exact) mass is 411 g/mol. The molecule has 0 bridgehead atoms. The number of carbonyl (C=O) groups is 1. The highest BCUT2D eigenvalue weighted by molar-refractivity contribution is 7.99. The quantitative estimate of drug-likeness (QED) is 0.705. The molecule has 0 saturated carbocycles. The van der Waals surface area contributed by atoms with Crippen molar-refractivity contribution in [1.29, 1.82) is 0 Å². The van der Waals surface area contributed by atoms with Gasteiger partial charge in [-0.25, -0.2) is 8.42 Å². The van der Waals surface area contributed by atoms with Crippen LogP contribution >= 0.6 is 23.4 Å². The summed E-state index contributed by atoms with van der Waals surface area (Å²) in [5, 5.41) is 3.71. The fourth-order valence-electron chi connectivity index (χ4n) is 2.47. The number of amides is 1. The Labute approximate surface area is 164 Å². The van der Waals surface area contributed by atoms with Gasteiger partial charge in [0.1, 0.15) is 0 Å². The van der Waals surface area contributed by atoms with Gasteiger partial charge < -0.3 is 5.32 Å². The van der Waals surface area contributed by atoms with E-state index in [9.17, 15) is 13.2 Å². The van der Waals surface area contributed by atoms with Crippen molar-refractivity contribution in [2.45, 2.75) is 30.0 Å². The Morgan fingerprint density at radius 2 is 1.81 bits per heavy atom. The number of hydrogen-bond acceptors (Lipinski definition) is 4. The molecule has 0 aliphatic heterocycles. The van der Waals surface area contributed by atoms with Crippen molar-refractivity contribution in [2.75, 3.05) is 12.0 Å². The number of hydrogen-bond donors (Lipinski definition) is 1. The van der Waals surface area contributed by atoms with Crippen LogP contribution in [0.5, 0.6) is 0 Å². The summed E-state index contributed by atoms with van der Waals surface area (Å²) in [5.41, 5.74) is 1.90. The van der Waals surface area contributed by atoms with Crippen LogP contribution in [0.3, 0.4) is 0 Å². The van der Waals surface area contributed by atoms with Crippen molar-refractivity contribution in [3.63, 3.8) is 0 Å². The number of rotatable bonds is 8. The van der Waals surface area contributed by atoms with Gasteiger partial charge in [-0.1, -0.05) is 48.9 Å². The highest BCUT2D eigenvalue weighted by Crippen LogP contribution is 2.22. The highest BCUT2D eigenvalue weighted by atomic mass is 35.5.